The van der Waals surface area contributed by atoms with Crippen LogP contribution in [0.3, 0.4) is 0 Å². The van der Waals surface area contributed by atoms with Gasteiger partial charge in [0, 0.05) is 13.5 Å². The molecule has 0 radical (unpaired) electrons. The van der Waals surface area contributed by atoms with Crippen LogP contribution in [0.5, 0.6) is 0 Å². The molecule has 0 fully saturated rings. The zero-order chi connectivity index (χ0) is 22.0. The van der Waals surface area contributed by atoms with Crippen LogP contribution in [-0.2, 0) is 9.53 Å². The summed E-state index contributed by atoms with van der Waals surface area (Å²) in [7, 11) is 1.70. The van der Waals surface area contributed by atoms with Gasteiger partial charge in [0.05, 0.1) is 17.7 Å². The Morgan fingerprint density at radius 1 is 1.26 bits per heavy atom. The molecule has 0 aliphatic carbocycles. The monoisotopic (exact) mass is 438 g/mol. The molecule has 1 unspecified atom stereocenters. The molecule has 0 bridgehead atoms. The molecule has 1 atom stereocenters. The van der Waals surface area contributed by atoms with Gasteiger partial charge in [-0.15, -0.1) is 0 Å². The number of aryl methyl sites for hydroxylation is 2. The van der Waals surface area contributed by atoms with Crippen molar-refractivity contribution in [1.82, 2.24) is 9.38 Å². The lowest BCUT2D eigenvalue weighted by atomic mass is 10.0. The van der Waals surface area contributed by atoms with Gasteiger partial charge in [0.2, 0.25) is 0 Å². The molecule has 4 rings (SSSR count). The Labute approximate surface area is 183 Å². The van der Waals surface area contributed by atoms with Crippen LogP contribution in [0.4, 0.5) is 5.00 Å². The zero-order valence-electron chi connectivity index (χ0n) is 17.4. The fourth-order valence-corrected chi connectivity index (χ4v) is 4.14. The van der Waals surface area contributed by atoms with Crippen molar-refractivity contribution in [3.05, 3.63) is 70.8 Å². The molecule has 0 saturated carbocycles. The van der Waals surface area contributed by atoms with Gasteiger partial charge in [0.25, 0.3) is 5.91 Å². The Balaban J connectivity index is 1.53. The second-order valence-corrected chi connectivity index (χ2v) is 7.96. The molecule has 1 N–H and O–H groups in total. The van der Waals surface area contributed by atoms with Crippen LogP contribution in [0.2, 0.25) is 0 Å². The van der Waals surface area contributed by atoms with E-state index in [-0.39, 0.29) is 0 Å². The number of anilines is 1. The highest BCUT2D eigenvalue weighted by molar-refractivity contribution is 7.10. The highest BCUT2D eigenvalue weighted by atomic mass is 32.1. The van der Waals surface area contributed by atoms with E-state index in [1.807, 2.05) is 37.3 Å². The number of carbonyl (C=O) groups is 2. The van der Waals surface area contributed by atoms with Crippen LogP contribution in [0.25, 0.3) is 0 Å². The maximum absolute atomic E-state index is 13.0. The third-order valence-electron chi connectivity index (χ3n) is 5.04. The van der Waals surface area contributed by atoms with Crippen LogP contribution in [0, 0.1) is 13.8 Å². The lowest BCUT2D eigenvalue weighted by molar-refractivity contribution is -0.136. The summed E-state index contributed by atoms with van der Waals surface area (Å²) in [5, 5.41) is 9.41. The van der Waals surface area contributed by atoms with E-state index in [9.17, 15) is 9.59 Å². The van der Waals surface area contributed by atoms with Crippen molar-refractivity contribution in [2.75, 3.05) is 19.0 Å². The number of hydrogen-bond donors (Lipinski definition) is 1. The summed E-state index contributed by atoms with van der Waals surface area (Å²) in [6.07, 6.45) is 2.07. The number of benzene rings is 1. The van der Waals surface area contributed by atoms with Gasteiger partial charge in [-0.2, -0.15) is 9.47 Å². The minimum absolute atomic E-state index is 0.341. The third-order valence-corrected chi connectivity index (χ3v) is 6.00. The molecule has 0 spiro atoms. The molecule has 0 saturated heterocycles. The van der Waals surface area contributed by atoms with Crippen molar-refractivity contribution in [3.8, 4) is 0 Å². The number of rotatable bonds is 6. The average Bonchev–Trinajstić information content (AvgIpc) is 3.51. The number of furan rings is 1. The van der Waals surface area contributed by atoms with E-state index in [1.54, 1.807) is 26.3 Å². The Bertz CT molecular complexity index is 1120. The second-order valence-electron chi connectivity index (χ2n) is 7.18. The zero-order valence-corrected chi connectivity index (χ0v) is 18.2. The molecule has 3 aromatic rings. The quantitative estimate of drug-likeness (QED) is 0.586. The lowest BCUT2D eigenvalue weighted by Crippen LogP contribution is -2.31. The van der Waals surface area contributed by atoms with E-state index in [1.165, 1.54) is 16.5 Å². The largest absolute Gasteiger partial charge is 0.467 e. The lowest BCUT2D eigenvalue weighted by Gasteiger charge is -2.19. The molecule has 160 valence electrons. The molecule has 9 heteroatoms. The highest BCUT2D eigenvalue weighted by Crippen LogP contribution is 2.33. The van der Waals surface area contributed by atoms with Gasteiger partial charge < -0.3 is 14.5 Å². The summed E-state index contributed by atoms with van der Waals surface area (Å²) in [4.78, 5) is 25.5. The van der Waals surface area contributed by atoms with E-state index in [0.717, 1.165) is 16.8 Å². The minimum Gasteiger partial charge on any atom is -0.467 e. The molecular weight excluding hydrogens is 416 g/mol. The van der Waals surface area contributed by atoms with Crippen LogP contribution in [0.15, 0.2) is 52.2 Å². The standard InChI is InChI=1S/C22H22N4O4S/c1-13-6-8-15(9-7-13)16-11-17(18-5-4-10-29-18)26(24-16)19(27)12-30-22(28)20-14(2)25-31-21(20)23-3/h4-10,17,23H,11-12H2,1-3H3. The van der Waals surface area contributed by atoms with Crippen molar-refractivity contribution in [3.63, 3.8) is 0 Å². The van der Waals surface area contributed by atoms with Gasteiger partial charge in [-0.3, -0.25) is 4.79 Å². The number of ether oxygens (including phenoxy) is 1. The topological polar surface area (TPSA) is 97.0 Å². The molecule has 1 amide bonds. The number of hydrogen-bond acceptors (Lipinski definition) is 8. The SMILES string of the molecule is CNc1snc(C)c1C(=O)OCC(=O)N1N=C(c2ccc(C)cc2)CC1c1ccco1. The summed E-state index contributed by atoms with van der Waals surface area (Å²) < 4.78 is 15.0. The number of nitrogens with zero attached hydrogens (tertiary/aromatic N) is 3. The first kappa shape index (κ1) is 20.8. The van der Waals surface area contributed by atoms with Crippen molar-refractivity contribution in [2.24, 2.45) is 5.10 Å². The predicted octanol–water partition coefficient (Wildman–Crippen LogP) is 3.93. The summed E-state index contributed by atoms with van der Waals surface area (Å²) in [5.41, 5.74) is 3.75. The summed E-state index contributed by atoms with van der Waals surface area (Å²) in [6, 6.07) is 11.2. The van der Waals surface area contributed by atoms with Gasteiger partial charge >= 0.3 is 5.97 Å². The van der Waals surface area contributed by atoms with Crippen molar-refractivity contribution in [2.45, 2.75) is 26.3 Å². The molecule has 8 nitrogen and oxygen atoms in total. The number of aromatic nitrogens is 1. The van der Waals surface area contributed by atoms with Gasteiger partial charge in [0.15, 0.2) is 6.61 Å². The van der Waals surface area contributed by atoms with E-state index < -0.39 is 24.5 Å². The molecule has 1 aliphatic rings. The first-order chi connectivity index (χ1) is 15.0. The van der Waals surface area contributed by atoms with Gasteiger partial charge in [-0.05, 0) is 43.1 Å². The van der Waals surface area contributed by atoms with E-state index >= 15 is 0 Å². The fraction of sp³-hybridized carbons (Fsp3) is 0.273. The van der Waals surface area contributed by atoms with E-state index in [4.69, 9.17) is 9.15 Å². The Kier molecular flexibility index (Phi) is 5.85. The number of amides is 1. The number of hydrazone groups is 1. The molecule has 3 heterocycles. The second kappa shape index (κ2) is 8.73. The van der Waals surface area contributed by atoms with Gasteiger partial charge in [0.1, 0.15) is 22.4 Å². The third kappa shape index (κ3) is 4.22. The minimum atomic E-state index is -0.597. The van der Waals surface area contributed by atoms with E-state index in [2.05, 4.69) is 14.8 Å². The van der Waals surface area contributed by atoms with Crippen LogP contribution >= 0.6 is 11.5 Å². The molecule has 1 aromatic carbocycles. The summed E-state index contributed by atoms with van der Waals surface area (Å²) >= 11 is 1.17. The Morgan fingerprint density at radius 3 is 2.71 bits per heavy atom. The Morgan fingerprint density at radius 2 is 2.03 bits per heavy atom. The van der Waals surface area contributed by atoms with Crippen molar-refractivity contribution in [1.29, 1.82) is 0 Å². The number of nitrogens with one attached hydrogen (secondary N) is 1. The molecular formula is C22H22N4O4S. The van der Waals surface area contributed by atoms with Crippen LogP contribution in [-0.4, -0.2) is 40.6 Å². The Hall–Kier alpha value is -3.46. The summed E-state index contributed by atoms with van der Waals surface area (Å²) in [5.74, 6) is -0.398. The number of carbonyl (C=O) groups excluding carboxylic acids is 2. The average molecular weight is 439 g/mol. The first-order valence-electron chi connectivity index (χ1n) is 9.79. The molecule has 1 aliphatic heterocycles. The highest BCUT2D eigenvalue weighted by Gasteiger charge is 2.35. The van der Waals surface area contributed by atoms with Crippen LogP contribution < -0.4 is 5.32 Å². The molecule has 2 aromatic heterocycles. The maximum Gasteiger partial charge on any atom is 0.343 e. The fourth-order valence-electron chi connectivity index (χ4n) is 3.41. The van der Waals surface area contributed by atoms with Gasteiger partial charge in [-0.1, -0.05) is 29.8 Å². The normalized spacial score (nSPS) is 15.6. The van der Waals surface area contributed by atoms with Crippen LogP contribution in [0.1, 0.15) is 45.4 Å². The first-order valence-corrected chi connectivity index (χ1v) is 10.6. The van der Waals surface area contributed by atoms with Crippen molar-refractivity contribution < 1.29 is 18.7 Å². The predicted molar refractivity (Wildman–Crippen MR) is 117 cm³/mol. The van der Waals surface area contributed by atoms with Gasteiger partial charge in [-0.25, -0.2) is 9.80 Å². The molecule has 31 heavy (non-hydrogen) atoms. The number of esters is 1. The smallest absolute Gasteiger partial charge is 0.343 e. The summed E-state index contributed by atoms with van der Waals surface area (Å²) in [6.45, 7) is 3.31. The van der Waals surface area contributed by atoms with Crippen molar-refractivity contribution >= 4 is 34.1 Å². The van der Waals surface area contributed by atoms with E-state index in [0.29, 0.717) is 28.4 Å². The maximum atomic E-state index is 13.0.